The topological polar surface area (TPSA) is 92.1 Å². The molecule has 0 atom stereocenters. The quantitative estimate of drug-likeness (QED) is 0.732. The van der Waals surface area contributed by atoms with Crippen molar-refractivity contribution in [3.63, 3.8) is 0 Å². The number of benzene rings is 1. The summed E-state index contributed by atoms with van der Waals surface area (Å²) in [6.07, 6.45) is 3.49. The van der Waals surface area contributed by atoms with E-state index >= 15 is 0 Å². The summed E-state index contributed by atoms with van der Waals surface area (Å²) in [6.45, 7) is 3.54. The molecule has 2 aromatic heterocycles. The van der Waals surface area contributed by atoms with E-state index in [-0.39, 0.29) is 5.91 Å². The fraction of sp³-hybridized carbons (Fsp3) is 0.353. The fourth-order valence-electron chi connectivity index (χ4n) is 3.09. The van der Waals surface area contributed by atoms with Crippen molar-refractivity contribution in [1.82, 2.24) is 29.9 Å². The number of hydrogen-bond acceptors (Lipinski definition) is 7. The first-order valence-corrected chi connectivity index (χ1v) is 8.53. The van der Waals surface area contributed by atoms with E-state index in [2.05, 4.69) is 35.3 Å². The van der Waals surface area contributed by atoms with Crippen LogP contribution in [0.4, 0.5) is 11.6 Å². The maximum atomic E-state index is 12.4. The van der Waals surface area contributed by atoms with Gasteiger partial charge in [-0.05, 0) is 18.2 Å². The van der Waals surface area contributed by atoms with Crippen LogP contribution in [0.3, 0.4) is 0 Å². The van der Waals surface area contributed by atoms with Crippen molar-refractivity contribution in [2.24, 2.45) is 7.05 Å². The molecule has 1 aliphatic rings. The van der Waals surface area contributed by atoms with E-state index in [9.17, 15) is 4.79 Å². The van der Waals surface area contributed by atoms with Crippen LogP contribution in [0, 0.1) is 0 Å². The van der Waals surface area contributed by atoms with Gasteiger partial charge in [-0.3, -0.25) is 9.69 Å². The molecule has 0 spiro atoms. The summed E-state index contributed by atoms with van der Waals surface area (Å²) < 4.78 is 0. The second kappa shape index (κ2) is 7.04. The van der Waals surface area contributed by atoms with E-state index in [4.69, 9.17) is 0 Å². The molecule has 1 aliphatic heterocycles. The van der Waals surface area contributed by atoms with Gasteiger partial charge < -0.3 is 10.2 Å². The minimum atomic E-state index is -0.0486. The third kappa shape index (κ3) is 3.47. The Morgan fingerprint density at radius 1 is 1.08 bits per heavy atom. The minimum absolute atomic E-state index is 0.0486. The predicted molar refractivity (Wildman–Crippen MR) is 97.8 cm³/mol. The highest BCUT2D eigenvalue weighted by atomic mass is 16.2. The average molecular weight is 352 g/mol. The largest absolute Gasteiger partial charge is 0.338 e. The number of fused-ring (bicyclic) bond motifs is 1. The molecule has 3 aromatic rings. The molecule has 134 valence electrons. The number of nitrogens with zero attached hydrogens (tertiary/aromatic N) is 7. The zero-order valence-electron chi connectivity index (χ0n) is 14.5. The highest BCUT2D eigenvalue weighted by molar-refractivity contribution is 5.99. The first-order chi connectivity index (χ1) is 12.7. The molecule has 9 nitrogen and oxygen atoms in total. The van der Waals surface area contributed by atoms with Crippen LogP contribution in [0.5, 0.6) is 0 Å². The third-order valence-corrected chi connectivity index (χ3v) is 4.36. The van der Waals surface area contributed by atoms with Gasteiger partial charge in [0.1, 0.15) is 11.0 Å². The highest BCUT2D eigenvalue weighted by Gasteiger charge is 2.21. The zero-order chi connectivity index (χ0) is 17.9. The third-order valence-electron chi connectivity index (χ3n) is 4.36. The van der Waals surface area contributed by atoms with Crippen molar-refractivity contribution in [2.75, 3.05) is 42.9 Å². The Morgan fingerprint density at radius 2 is 1.85 bits per heavy atom. The van der Waals surface area contributed by atoms with E-state index in [0.717, 1.165) is 37.6 Å². The molecule has 26 heavy (non-hydrogen) atoms. The summed E-state index contributed by atoms with van der Waals surface area (Å²) in [7, 11) is 1.77. The predicted octanol–water partition coefficient (Wildman–Crippen LogP) is 0.519. The summed E-state index contributed by atoms with van der Waals surface area (Å²) in [5.41, 5.74) is 2.16. The Kier molecular flexibility index (Phi) is 4.44. The first-order valence-electron chi connectivity index (χ1n) is 8.53. The van der Waals surface area contributed by atoms with Gasteiger partial charge in [-0.1, -0.05) is 6.07 Å². The first kappa shape index (κ1) is 16.4. The Balaban J connectivity index is 1.34. The number of carbonyl (C=O) groups is 1. The van der Waals surface area contributed by atoms with E-state index in [1.807, 2.05) is 24.3 Å². The number of hydrogen-bond donors (Lipinski definition) is 1. The van der Waals surface area contributed by atoms with E-state index in [1.165, 1.54) is 4.80 Å². The molecule has 1 saturated heterocycles. The fourth-order valence-corrected chi connectivity index (χ4v) is 3.09. The van der Waals surface area contributed by atoms with E-state index in [0.29, 0.717) is 17.7 Å². The summed E-state index contributed by atoms with van der Waals surface area (Å²) in [5, 5.41) is 11.5. The number of anilines is 2. The molecule has 9 heteroatoms. The molecule has 0 bridgehead atoms. The Labute approximate surface area is 150 Å². The van der Waals surface area contributed by atoms with Gasteiger partial charge in [0.25, 0.3) is 0 Å². The molecule has 3 heterocycles. The maximum absolute atomic E-state index is 12.4. The van der Waals surface area contributed by atoms with Crippen molar-refractivity contribution in [3.05, 3.63) is 36.7 Å². The Bertz CT molecular complexity index is 902. The van der Waals surface area contributed by atoms with Crippen LogP contribution in [-0.2, 0) is 11.8 Å². The van der Waals surface area contributed by atoms with Gasteiger partial charge in [0.05, 0.1) is 12.2 Å². The van der Waals surface area contributed by atoms with Gasteiger partial charge in [-0.15, -0.1) is 0 Å². The van der Waals surface area contributed by atoms with E-state index in [1.54, 1.807) is 19.4 Å². The zero-order valence-corrected chi connectivity index (χ0v) is 14.5. The normalized spacial score (nSPS) is 15.3. The number of nitrogens with one attached hydrogen (secondary N) is 1. The molecule has 1 fully saturated rings. The number of piperazine rings is 1. The molecule has 0 radical (unpaired) electrons. The lowest BCUT2D eigenvalue weighted by Crippen LogP contribution is -2.49. The average Bonchev–Trinajstić information content (AvgIpc) is 3.04. The molecule has 0 aliphatic carbocycles. The van der Waals surface area contributed by atoms with Crippen LogP contribution in [-0.4, -0.2) is 68.5 Å². The summed E-state index contributed by atoms with van der Waals surface area (Å²) >= 11 is 0. The molecule has 1 aromatic carbocycles. The van der Waals surface area contributed by atoms with Crippen molar-refractivity contribution >= 4 is 28.6 Å². The molecule has 1 amide bonds. The molecule has 0 unspecified atom stereocenters. The summed E-state index contributed by atoms with van der Waals surface area (Å²) in [5.74, 6) is 0.693. The van der Waals surface area contributed by atoms with Crippen LogP contribution in [0.15, 0.2) is 36.7 Å². The van der Waals surface area contributed by atoms with Crippen LogP contribution in [0.2, 0.25) is 0 Å². The van der Waals surface area contributed by atoms with Crippen LogP contribution < -0.4 is 10.2 Å². The molecule has 0 saturated carbocycles. The summed E-state index contributed by atoms with van der Waals surface area (Å²) in [6, 6.07) is 7.40. The second-order valence-corrected chi connectivity index (χ2v) is 6.22. The number of aromatic nitrogens is 5. The van der Waals surface area contributed by atoms with Crippen LogP contribution in [0.1, 0.15) is 0 Å². The molecular formula is C17H20N8O. The Morgan fingerprint density at radius 3 is 2.62 bits per heavy atom. The van der Waals surface area contributed by atoms with Gasteiger partial charge >= 0.3 is 0 Å². The molecular weight excluding hydrogens is 332 g/mol. The monoisotopic (exact) mass is 352 g/mol. The van der Waals surface area contributed by atoms with Gasteiger partial charge in [-0.25, -0.2) is 9.97 Å². The standard InChI is InChI=1S/C17H20N8O/c1-23-21-14-5-2-4-13(16(14)22-23)20-15(26)12-24-8-10-25(11-9-24)17-18-6-3-7-19-17/h2-7H,8-12H2,1H3,(H,20,26). The smallest absolute Gasteiger partial charge is 0.238 e. The SMILES string of the molecule is Cn1nc2cccc(NC(=O)CN3CCN(c4ncccn4)CC3)c2n1. The van der Waals surface area contributed by atoms with Crippen molar-refractivity contribution in [3.8, 4) is 0 Å². The van der Waals surface area contributed by atoms with Gasteiger partial charge in [0, 0.05) is 45.6 Å². The number of carbonyl (C=O) groups excluding carboxylic acids is 1. The lowest BCUT2D eigenvalue weighted by Gasteiger charge is -2.34. The van der Waals surface area contributed by atoms with Gasteiger partial charge in [-0.2, -0.15) is 15.0 Å². The number of rotatable bonds is 4. The number of amides is 1. The van der Waals surface area contributed by atoms with Gasteiger partial charge in [0.2, 0.25) is 11.9 Å². The van der Waals surface area contributed by atoms with Crippen molar-refractivity contribution in [2.45, 2.75) is 0 Å². The molecule has 4 rings (SSSR count). The lowest BCUT2D eigenvalue weighted by molar-refractivity contribution is -0.117. The Hall–Kier alpha value is -3.07. The summed E-state index contributed by atoms with van der Waals surface area (Å²) in [4.78, 5) is 26.8. The second-order valence-electron chi connectivity index (χ2n) is 6.22. The molecule has 1 N–H and O–H groups in total. The lowest BCUT2D eigenvalue weighted by atomic mass is 10.2. The van der Waals surface area contributed by atoms with Crippen LogP contribution in [0.25, 0.3) is 11.0 Å². The van der Waals surface area contributed by atoms with Gasteiger partial charge in [0.15, 0.2) is 0 Å². The van der Waals surface area contributed by atoms with Crippen molar-refractivity contribution in [1.29, 1.82) is 0 Å². The highest BCUT2D eigenvalue weighted by Crippen LogP contribution is 2.19. The van der Waals surface area contributed by atoms with Crippen molar-refractivity contribution < 1.29 is 4.79 Å². The minimum Gasteiger partial charge on any atom is -0.338 e. The van der Waals surface area contributed by atoms with E-state index < -0.39 is 0 Å². The maximum Gasteiger partial charge on any atom is 0.238 e. The van der Waals surface area contributed by atoms with Crippen LogP contribution >= 0.6 is 0 Å². The number of aryl methyl sites for hydroxylation is 1.